The zero-order valence-corrected chi connectivity index (χ0v) is 11.0. The second-order valence-corrected chi connectivity index (χ2v) is 4.68. The number of aliphatic carboxylic acids is 2. The van der Waals surface area contributed by atoms with Crippen LogP contribution in [0.3, 0.4) is 0 Å². The molecule has 0 amide bonds. The molecule has 0 unspecified atom stereocenters. The maximum atomic E-state index is 11.2. The van der Waals surface area contributed by atoms with Crippen molar-refractivity contribution in [2.75, 3.05) is 0 Å². The minimum atomic E-state index is -1.68. The van der Waals surface area contributed by atoms with Crippen LogP contribution in [0.25, 0.3) is 0 Å². The quantitative estimate of drug-likeness (QED) is 0.531. The van der Waals surface area contributed by atoms with Gasteiger partial charge in [0, 0.05) is 0 Å². The first-order valence-corrected chi connectivity index (χ1v) is 5.91. The monoisotopic (exact) mass is 242 g/mol. The Labute approximate surface area is 102 Å². The van der Waals surface area contributed by atoms with E-state index in [1.807, 2.05) is 19.9 Å². The van der Waals surface area contributed by atoms with Gasteiger partial charge in [0.25, 0.3) is 0 Å². The molecule has 0 heterocycles. The molecule has 0 aliphatic rings. The number of rotatable bonds is 7. The van der Waals surface area contributed by atoms with Crippen molar-refractivity contribution in [1.29, 1.82) is 0 Å². The Morgan fingerprint density at radius 1 is 1.24 bits per heavy atom. The van der Waals surface area contributed by atoms with E-state index in [1.54, 1.807) is 13.8 Å². The van der Waals surface area contributed by atoms with E-state index >= 15 is 0 Å². The SMILES string of the molecule is CCC(C)=CCCC(C(=O)O)(C(=O)O)C(C)C. The number of carbonyl (C=O) groups is 2. The highest BCUT2D eigenvalue weighted by Gasteiger charge is 2.48. The van der Waals surface area contributed by atoms with Crippen LogP contribution in [0, 0.1) is 11.3 Å². The molecule has 0 aromatic rings. The van der Waals surface area contributed by atoms with Crippen molar-refractivity contribution in [2.45, 2.75) is 47.0 Å². The van der Waals surface area contributed by atoms with Gasteiger partial charge in [0.2, 0.25) is 0 Å². The van der Waals surface area contributed by atoms with E-state index in [9.17, 15) is 19.8 Å². The molecule has 0 atom stereocenters. The van der Waals surface area contributed by atoms with Gasteiger partial charge >= 0.3 is 11.9 Å². The maximum Gasteiger partial charge on any atom is 0.321 e. The maximum absolute atomic E-state index is 11.2. The van der Waals surface area contributed by atoms with Gasteiger partial charge in [-0.25, -0.2) is 0 Å². The fraction of sp³-hybridized carbons (Fsp3) is 0.692. The predicted octanol–water partition coefficient (Wildman–Crippen LogP) is 2.93. The Hall–Kier alpha value is -1.32. The summed E-state index contributed by atoms with van der Waals surface area (Å²) in [5, 5.41) is 18.4. The second-order valence-electron chi connectivity index (χ2n) is 4.68. The summed E-state index contributed by atoms with van der Waals surface area (Å²) in [5.41, 5.74) is -0.525. The Bertz CT molecular complexity index is 301. The Kier molecular flexibility index (Phi) is 5.93. The molecule has 0 spiro atoms. The van der Waals surface area contributed by atoms with Crippen molar-refractivity contribution in [1.82, 2.24) is 0 Å². The highest BCUT2D eigenvalue weighted by molar-refractivity contribution is 5.98. The molecule has 0 aromatic heterocycles. The average molecular weight is 242 g/mol. The van der Waals surface area contributed by atoms with Gasteiger partial charge in [-0.15, -0.1) is 0 Å². The van der Waals surface area contributed by atoms with Crippen LogP contribution >= 0.6 is 0 Å². The van der Waals surface area contributed by atoms with Crippen molar-refractivity contribution < 1.29 is 19.8 Å². The molecule has 0 aromatic carbocycles. The van der Waals surface area contributed by atoms with E-state index in [4.69, 9.17) is 0 Å². The normalized spacial score (nSPS) is 12.9. The second kappa shape index (κ2) is 6.42. The number of carboxylic acid groups (broad SMARTS) is 2. The molecule has 4 heteroatoms. The smallest absolute Gasteiger partial charge is 0.321 e. The molecule has 0 saturated carbocycles. The van der Waals surface area contributed by atoms with E-state index in [0.29, 0.717) is 6.42 Å². The van der Waals surface area contributed by atoms with E-state index in [1.165, 1.54) is 0 Å². The Balaban J connectivity index is 4.96. The summed E-state index contributed by atoms with van der Waals surface area (Å²) in [6.45, 7) is 7.24. The minimum Gasteiger partial charge on any atom is -0.480 e. The topological polar surface area (TPSA) is 74.6 Å². The van der Waals surface area contributed by atoms with Gasteiger partial charge in [-0.1, -0.05) is 32.4 Å². The van der Waals surface area contributed by atoms with Crippen LogP contribution in [0.4, 0.5) is 0 Å². The Morgan fingerprint density at radius 2 is 1.71 bits per heavy atom. The fourth-order valence-electron chi connectivity index (χ4n) is 1.78. The zero-order chi connectivity index (χ0) is 13.6. The third kappa shape index (κ3) is 3.58. The molecule has 0 aliphatic carbocycles. The van der Waals surface area contributed by atoms with E-state index in [0.717, 1.165) is 12.0 Å². The lowest BCUT2D eigenvalue weighted by Gasteiger charge is -2.28. The standard InChI is InChI=1S/C13H22O4/c1-5-10(4)7-6-8-13(9(2)3,11(14)15)12(16)17/h7,9H,5-6,8H2,1-4H3,(H,14,15)(H,16,17). The average Bonchev–Trinajstić information content (AvgIpc) is 2.22. The molecule has 4 nitrogen and oxygen atoms in total. The van der Waals surface area contributed by atoms with E-state index in [-0.39, 0.29) is 6.42 Å². The molecular formula is C13H22O4. The molecular weight excluding hydrogens is 220 g/mol. The summed E-state index contributed by atoms with van der Waals surface area (Å²) in [5.74, 6) is -2.93. The summed E-state index contributed by atoms with van der Waals surface area (Å²) in [6, 6.07) is 0. The first-order valence-electron chi connectivity index (χ1n) is 5.91. The lowest BCUT2D eigenvalue weighted by atomic mass is 9.73. The van der Waals surface area contributed by atoms with Crippen LogP contribution in [0.5, 0.6) is 0 Å². The van der Waals surface area contributed by atoms with E-state index < -0.39 is 23.3 Å². The first-order chi connectivity index (χ1) is 7.78. The number of hydrogen-bond donors (Lipinski definition) is 2. The van der Waals surface area contributed by atoms with Crippen LogP contribution < -0.4 is 0 Å². The summed E-state index contributed by atoms with van der Waals surface area (Å²) in [4.78, 5) is 22.5. The van der Waals surface area contributed by atoms with Crippen molar-refractivity contribution in [3.63, 3.8) is 0 Å². The van der Waals surface area contributed by atoms with Gasteiger partial charge in [0.15, 0.2) is 5.41 Å². The van der Waals surface area contributed by atoms with Crippen LogP contribution in [0.15, 0.2) is 11.6 Å². The van der Waals surface area contributed by atoms with Crippen LogP contribution in [0.1, 0.15) is 47.0 Å². The third-order valence-corrected chi connectivity index (χ3v) is 3.34. The van der Waals surface area contributed by atoms with Crippen LogP contribution in [-0.4, -0.2) is 22.2 Å². The highest BCUT2D eigenvalue weighted by atomic mass is 16.4. The molecule has 0 radical (unpaired) electrons. The van der Waals surface area contributed by atoms with Crippen molar-refractivity contribution in [3.8, 4) is 0 Å². The van der Waals surface area contributed by atoms with Gasteiger partial charge in [-0.05, 0) is 32.1 Å². The largest absolute Gasteiger partial charge is 0.480 e. The van der Waals surface area contributed by atoms with Crippen LogP contribution in [-0.2, 0) is 9.59 Å². The van der Waals surface area contributed by atoms with Gasteiger partial charge < -0.3 is 10.2 Å². The number of allylic oxidation sites excluding steroid dienone is 2. The van der Waals surface area contributed by atoms with Gasteiger partial charge in [-0.3, -0.25) is 9.59 Å². The molecule has 0 fully saturated rings. The van der Waals surface area contributed by atoms with Gasteiger partial charge in [0.05, 0.1) is 0 Å². The molecule has 98 valence electrons. The molecule has 0 bridgehead atoms. The number of carboxylic acids is 2. The van der Waals surface area contributed by atoms with Gasteiger partial charge in [-0.2, -0.15) is 0 Å². The summed E-state index contributed by atoms with van der Waals surface area (Å²) in [7, 11) is 0. The lowest BCUT2D eigenvalue weighted by molar-refractivity contribution is -0.169. The molecule has 2 N–H and O–H groups in total. The molecule has 0 aliphatic heterocycles. The van der Waals surface area contributed by atoms with Crippen molar-refractivity contribution >= 4 is 11.9 Å². The van der Waals surface area contributed by atoms with Crippen molar-refractivity contribution in [2.24, 2.45) is 11.3 Å². The molecule has 0 saturated heterocycles. The lowest BCUT2D eigenvalue weighted by Crippen LogP contribution is -2.43. The third-order valence-electron chi connectivity index (χ3n) is 3.34. The van der Waals surface area contributed by atoms with Crippen molar-refractivity contribution in [3.05, 3.63) is 11.6 Å². The Morgan fingerprint density at radius 3 is 2.00 bits per heavy atom. The number of hydrogen-bond acceptors (Lipinski definition) is 2. The molecule has 0 rings (SSSR count). The zero-order valence-electron chi connectivity index (χ0n) is 11.0. The van der Waals surface area contributed by atoms with Gasteiger partial charge in [0.1, 0.15) is 0 Å². The summed E-state index contributed by atoms with van der Waals surface area (Å²) < 4.78 is 0. The predicted molar refractivity (Wildman–Crippen MR) is 65.8 cm³/mol. The van der Waals surface area contributed by atoms with Crippen LogP contribution in [0.2, 0.25) is 0 Å². The first kappa shape index (κ1) is 15.7. The van der Waals surface area contributed by atoms with E-state index in [2.05, 4.69) is 0 Å². The highest BCUT2D eigenvalue weighted by Crippen LogP contribution is 2.34. The summed E-state index contributed by atoms with van der Waals surface area (Å²) in [6.07, 6.45) is 3.43. The molecule has 17 heavy (non-hydrogen) atoms. The minimum absolute atomic E-state index is 0.132. The fourth-order valence-corrected chi connectivity index (χ4v) is 1.78. The summed E-state index contributed by atoms with van der Waals surface area (Å²) >= 11 is 0.